The maximum Gasteiger partial charge on any atom is 0.407 e. The minimum absolute atomic E-state index is 0.405. The van der Waals surface area contributed by atoms with Crippen LogP contribution in [0.2, 0.25) is 0 Å². The van der Waals surface area contributed by atoms with Crippen LogP contribution in [-0.2, 0) is 11.3 Å². The maximum absolute atomic E-state index is 11.7. The summed E-state index contributed by atoms with van der Waals surface area (Å²) < 4.78 is 10.7. The lowest BCUT2D eigenvalue weighted by Gasteiger charge is -2.19. The molecule has 0 bridgehead atoms. The molecular weight excluding hydrogens is 302 g/mol. The van der Waals surface area contributed by atoms with Gasteiger partial charge in [-0.25, -0.2) is 4.79 Å². The van der Waals surface area contributed by atoms with E-state index in [0.717, 1.165) is 22.4 Å². The van der Waals surface area contributed by atoms with E-state index >= 15 is 0 Å². The van der Waals surface area contributed by atoms with Gasteiger partial charge in [-0.1, -0.05) is 36.4 Å². The topological polar surface area (TPSA) is 47.6 Å². The predicted octanol–water partition coefficient (Wildman–Crippen LogP) is 4.78. The van der Waals surface area contributed by atoms with Crippen LogP contribution in [0.1, 0.15) is 33.3 Å². The number of alkyl carbamates (subject to hydrolysis) is 1. The summed E-state index contributed by atoms with van der Waals surface area (Å²) in [6, 6.07) is 16.1. The van der Waals surface area contributed by atoms with Gasteiger partial charge in [-0.2, -0.15) is 0 Å². The van der Waals surface area contributed by atoms with Gasteiger partial charge in [0.1, 0.15) is 11.4 Å². The van der Waals surface area contributed by atoms with Gasteiger partial charge in [0, 0.05) is 6.54 Å². The minimum Gasteiger partial charge on any atom is -0.494 e. The SMILES string of the molecule is CCOc1ccc(-c2ccc(CNC(=O)OC(C)(C)C)cc2)cc1. The van der Waals surface area contributed by atoms with Gasteiger partial charge in [-0.05, 0) is 56.5 Å². The quantitative estimate of drug-likeness (QED) is 0.860. The van der Waals surface area contributed by atoms with Crippen LogP contribution >= 0.6 is 0 Å². The Kier molecular flexibility index (Phi) is 5.85. The average molecular weight is 327 g/mol. The van der Waals surface area contributed by atoms with E-state index in [9.17, 15) is 4.79 Å². The Bertz CT molecular complexity index is 655. The van der Waals surface area contributed by atoms with Crippen molar-refractivity contribution in [1.82, 2.24) is 5.32 Å². The van der Waals surface area contributed by atoms with Gasteiger partial charge in [0.05, 0.1) is 6.61 Å². The molecule has 0 aliphatic heterocycles. The van der Waals surface area contributed by atoms with Crippen LogP contribution < -0.4 is 10.1 Å². The third-order valence-electron chi connectivity index (χ3n) is 3.29. The van der Waals surface area contributed by atoms with Gasteiger partial charge >= 0.3 is 6.09 Å². The average Bonchev–Trinajstić information content (AvgIpc) is 2.53. The third-order valence-corrected chi connectivity index (χ3v) is 3.29. The van der Waals surface area contributed by atoms with Gasteiger partial charge < -0.3 is 14.8 Å². The van der Waals surface area contributed by atoms with Crippen LogP contribution in [0.25, 0.3) is 11.1 Å². The fraction of sp³-hybridized carbons (Fsp3) is 0.350. The molecule has 0 radical (unpaired) electrons. The lowest BCUT2D eigenvalue weighted by atomic mass is 10.0. The summed E-state index contributed by atoms with van der Waals surface area (Å²) in [6.07, 6.45) is -0.405. The molecule has 0 saturated heterocycles. The van der Waals surface area contributed by atoms with Crippen molar-refractivity contribution in [2.24, 2.45) is 0 Å². The molecule has 0 atom stereocenters. The lowest BCUT2D eigenvalue weighted by molar-refractivity contribution is 0.0523. The van der Waals surface area contributed by atoms with E-state index in [0.29, 0.717) is 13.2 Å². The molecule has 1 amide bonds. The van der Waals surface area contributed by atoms with Gasteiger partial charge in [-0.15, -0.1) is 0 Å². The molecule has 0 aliphatic carbocycles. The number of carbonyl (C=O) groups excluding carboxylic acids is 1. The Hall–Kier alpha value is -2.49. The van der Waals surface area contributed by atoms with E-state index in [1.807, 2.05) is 76.2 Å². The number of hydrogen-bond donors (Lipinski definition) is 1. The predicted molar refractivity (Wildman–Crippen MR) is 96.1 cm³/mol. The fourth-order valence-electron chi connectivity index (χ4n) is 2.21. The Morgan fingerprint density at radius 1 is 0.958 bits per heavy atom. The number of carbonyl (C=O) groups is 1. The van der Waals surface area contributed by atoms with Crippen LogP contribution in [0.3, 0.4) is 0 Å². The summed E-state index contributed by atoms with van der Waals surface area (Å²) in [6.45, 7) is 8.61. The lowest BCUT2D eigenvalue weighted by Crippen LogP contribution is -2.32. The molecule has 128 valence electrons. The molecule has 0 unspecified atom stereocenters. The third kappa shape index (κ3) is 5.61. The molecule has 2 rings (SSSR count). The molecule has 24 heavy (non-hydrogen) atoms. The smallest absolute Gasteiger partial charge is 0.407 e. The molecule has 0 aromatic heterocycles. The van der Waals surface area contributed by atoms with Crippen LogP contribution in [0.5, 0.6) is 5.75 Å². The fourth-order valence-corrected chi connectivity index (χ4v) is 2.21. The maximum atomic E-state index is 11.7. The van der Waals surface area contributed by atoms with Gasteiger partial charge in [0.25, 0.3) is 0 Å². The Balaban J connectivity index is 1.94. The normalized spacial score (nSPS) is 11.0. The first kappa shape index (κ1) is 17.9. The van der Waals surface area contributed by atoms with Gasteiger partial charge in [-0.3, -0.25) is 0 Å². The van der Waals surface area contributed by atoms with Crippen LogP contribution in [-0.4, -0.2) is 18.3 Å². The Morgan fingerprint density at radius 2 is 1.50 bits per heavy atom. The monoisotopic (exact) mass is 327 g/mol. The Morgan fingerprint density at radius 3 is 2.00 bits per heavy atom. The first-order chi connectivity index (χ1) is 11.4. The van der Waals surface area contributed by atoms with Gasteiger partial charge in [0.15, 0.2) is 0 Å². The van der Waals surface area contributed by atoms with Crippen LogP contribution in [0, 0.1) is 0 Å². The van der Waals surface area contributed by atoms with E-state index < -0.39 is 11.7 Å². The summed E-state index contributed by atoms with van der Waals surface area (Å²) in [5.41, 5.74) is 2.79. The van der Waals surface area contributed by atoms with E-state index in [4.69, 9.17) is 9.47 Å². The van der Waals surface area contributed by atoms with Crippen LogP contribution in [0.15, 0.2) is 48.5 Å². The van der Waals surface area contributed by atoms with E-state index in [1.165, 1.54) is 0 Å². The molecule has 0 heterocycles. The van der Waals surface area contributed by atoms with Crippen molar-refractivity contribution in [1.29, 1.82) is 0 Å². The van der Waals surface area contributed by atoms with Crippen molar-refractivity contribution in [2.75, 3.05) is 6.61 Å². The minimum atomic E-state index is -0.485. The largest absolute Gasteiger partial charge is 0.494 e. The number of rotatable bonds is 5. The molecule has 0 saturated carbocycles. The molecular formula is C20H25NO3. The number of nitrogens with one attached hydrogen (secondary N) is 1. The van der Waals surface area contributed by atoms with Crippen molar-refractivity contribution in [3.05, 3.63) is 54.1 Å². The van der Waals surface area contributed by atoms with Crippen molar-refractivity contribution in [2.45, 2.75) is 39.8 Å². The number of benzene rings is 2. The van der Waals surface area contributed by atoms with E-state index in [1.54, 1.807) is 0 Å². The Labute approximate surface area is 143 Å². The molecule has 1 N–H and O–H groups in total. The second kappa shape index (κ2) is 7.86. The zero-order valence-corrected chi connectivity index (χ0v) is 14.8. The number of amides is 1. The van der Waals surface area contributed by atoms with Gasteiger partial charge in [0.2, 0.25) is 0 Å². The molecule has 4 heteroatoms. The number of hydrogen-bond acceptors (Lipinski definition) is 3. The summed E-state index contributed by atoms with van der Waals surface area (Å²) in [7, 11) is 0. The van der Waals surface area contributed by atoms with Crippen molar-refractivity contribution >= 4 is 6.09 Å². The molecule has 2 aromatic carbocycles. The van der Waals surface area contributed by atoms with E-state index in [-0.39, 0.29) is 0 Å². The van der Waals surface area contributed by atoms with Crippen molar-refractivity contribution in [3.63, 3.8) is 0 Å². The highest BCUT2D eigenvalue weighted by atomic mass is 16.6. The highest BCUT2D eigenvalue weighted by Gasteiger charge is 2.15. The second-order valence-electron chi connectivity index (χ2n) is 6.51. The standard InChI is InChI=1S/C20H25NO3/c1-5-23-18-12-10-17(11-13-18)16-8-6-15(7-9-16)14-21-19(22)24-20(2,3)4/h6-13H,5,14H2,1-4H3,(H,21,22). The van der Waals surface area contributed by atoms with Crippen molar-refractivity contribution in [3.8, 4) is 16.9 Å². The summed E-state index contributed by atoms with van der Waals surface area (Å²) in [5.74, 6) is 0.874. The molecule has 0 spiro atoms. The van der Waals surface area contributed by atoms with Crippen LogP contribution in [0.4, 0.5) is 4.79 Å². The number of ether oxygens (including phenoxy) is 2. The second-order valence-corrected chi connectivity index (χ2v) is 6.51. The summed E-state index contributed by atoms with van der Waals surface area (Å²) >= 11 is 0. The summed E-state index contributed by atoms with van der Waals surface area (Å²) in [5, 5.41) is 2.76. The molecule has 4 nitrogen and oxygen atoms in total. The highest BCUT2D eigenvalue weighted by molar-refractivity contribution is 5.68. The molecule has 2 aromatic rings. The first-order valence-electron chi connectivity index (χ1n) is 8.16. The molecule has 0 aliphatic rings. The first-order valence-corrected chi connectivity index (χ1v) is 8.16. The van der Waals surface area contributed by atoms with Crippen molar-refractivity contribution < 1.29 is 14.3 Å². The zero-order valence-electron chi connectivity index (χ0n) is 14.8. The zero-order chi connectivity index (χ0) is 17.6. The molecule has 0 fully saturated rings. The highest BCUT2D eigenvalue weighted by Crippen LogP contribution is 2.23. The summed E-state index contributed by atoms with van der Waals surface area (Å²) in [4.78, 5) is 11.7. The van der Waals surface area contributed by atoms with E-state index in [2.05, 4.69) is 5.32 Å².